The highest BCUT2D eigenvalue weighted by molar-refractivity contribution is 7.13. The van der Waals surface area contributed by atoms with Gasteiger partial charge in [0.25, 0.3) is 0 Å². The topological polar surface area (TPSA) is 38.7 Å². The molecule has 0 saturated heterocycles. The molecule has 82 valence electrons. The van der Waals surface area contributed by atoms with Crippen LogP contribution in [0.3, 0.4) is 0 Å². The van der Waals surface area contributed by atoms with Crippen LogP contribution >= 0.6 is 11.3 Å². The second-order valence-corrected chi connectivity index (χ2v) is 4.37. The van der Waals surface area contributed by atoms with Gasteiger partial charge in [-0.15, -0.1) is 11.3 Å². The van der Waals surface area contributed by atoms with E-state index in [0.717, 1.165) is 21.8 Å². The molecule has 0 amide bonds. The van der Waals surface area contributed by atoms with E-state index in [1.54, 1.807) is 29.9 Å². The van der Waals surface area contributed by atoms with Gasteiger partial charge in [-0.3, -0.25) is 9.97 Å². The lowest BCUT2D eigenvalue weighted by Crippen LogP contribution is -1.80. The molecule has 0 aromatic carbocycles. The molecule has 0 spiro atoms. The van der Waals surface area contributed by atoms with E-state index in [0.29, 0.717) is 0 Å². The number of hydrogen-bond acceptors (Lipinski definition) is 4. The van der Waals surface area contributed by atoms with Gasteiger partial charge in [-0.2, -0.15) is 0 Å². The first-order valence-electron chi connectivity index (χ1n) is 5.20. The minimum Gasteiger partial charge on any atom is -0.265 e. The second-order valence-electron chi connectivity index (χ2n) is 3.52. The summed E-state index contributed by atoms with van der Waals surface area (Å²) in [5.41, 5.74) is 3.11. The largest absolute Gasteiger partial charge is 0.265 e. The van der Waals surface area contributed by atoms with Crippen LogP contribution in [-0.2, 0) is 0 Å². The van der Waals surface area contributed by atoms with Crippen LogP contribution in [0.15, 0.2) is 54.4 Å². The molecule has 0 N–H and O–H groups in total. The molecule has 3 aromatic heterocycles. The van der Waals surface area contributed by atoms with Crippen LogP contribution in [0, 0.1) is 0 Å². The third-order valence-corrected chi connectivity index (χ3v) is 3.28. The zero-order valence-electron chi connectivity index (χ0n) is 8.95. The number of nitrogens with zero attached hydrogens (tertiary/aromatic N) is 3. The van der Waals surface area contributed by atoms with Crippen LogP contribution in [-0.4, -0.2) is 15.0 Å². The maximum atomic E-state index is 4.60. The van der Waals surface area contributed by atoms with Crippen molar-refractivity contribution < 1.29 is 0 Å². The average molecular weight is 239 g/mol. The molecule has 0 saturated carbocycles. The molecule has 0 aliphatic rings. The summed E-state index contributed by atoms with van der Waals surface area (Å²) in [6.07, 6.45) is 7.14. The molecular formula is C13H9N3S. The third kappa shape index (κ3) is 2.07. The fourth-order valence-electron chi connectivity index (χ4n) is 1.55. The minimum atomic E-state index is 0.968. The smallest absolute Gasteiger partial charge is 0.124 e. The summed E-state index contributed by atoms with van der Waals surface area (Å²) in [7, 11) is 0. The van der Waals surface area contributed by atoms with E-state index in [-0.39, 0.29) is 0 Å². The summed E-state index contributed by atoms with van der Waals surface area (Å²) in [5, 5.41) is 3.05. The molecule has 4 heteroatoms. The maximum Gasteiger partial charge on any atom is 0.124 e. The van der Waals surface area contributed by atoms with E-state index < -0.39 is 0 Å². The van der Waals surface area contributed by atoms with Crippen molar-refractivity contribution in [1.82, 2.24) is 15.0 Å². The quantitative estimate of drug-likeness (QED) is 0.689. The summed E-state index contributed by atoms with van der Waals surface area (Å²) < 4.78 is 0. The second kappa shape index (κ2) is 4.43. The van der Waals surface area contributed by atoms with Gasteiger partial charge in [0.1, 0.15) is 5.01 Å². The number of pyridine rings is 2. The molecule has 0 fully saturated rings. The van der Waals surface area contributed by atoms with E-state index in [2.05, 4.69) is 15.0 Å². The van der Waals surface area contributed by atoms with Crippen LogP contribution in [0.2, 0.25) is 0 Å². The molecule has 0 bridgehead atoms. The molecule has 0 aliphatic heterocycles. The Hall–Kier alpha value is -2.07. The Kier molecular flexibility index (Phi) is 2.63. The van der Waals surface area contributed by atoms with E-state index in [1.807, 2.05) is 35.8 Å². The predicted octanol–water partition coefficient (Wildman–Crippen LogP) is 3.27. The SMILES string of the molecule is c1cncc(-c2csc(-c3ccncc3)n2)c1. The van der Waals surface area contributed by atoms with E-state index in [9.17, 15) is 0 Å². The van der Waals surface area contributed by atoms with Crippen molar-refractivity contribution in [3.8, 4) is 21.8 Å². The predicted molar refractivity (Wildman–Crippen MR) is 68.6 cm³/mol. The van der Waals surface area contributed by atoms with Gasteiger partial charge in [0.05, 0.1) is 5.69 Å². The first-order valence-corrected chi connectivity index (χ1v) is 6.08. The lowest BCUT2D eigenvalue weighted by Gasteiger charge is -1.95. The highest BCUT2D eigenvalue weighted by Crippen LogP contribution is 2.27. The van der Waals surface area contributed by atoms with Crippen molar-refractivity contribution in [3.63, 3.8) is 0 Å². The zero-order valence-corrected chi connectivity index (χ0v) is 9.76. The Balaban J connectivity index is 1.99. The third-order valence-electron chi connectivity index (χ3n) is 2.39. The summed E-state index contributed by atoms with van der Waals surface area (Å²) >= 11 is 1.63. The zero-order chi connectivity index (χ0) is 11.5. The Morgan fingerprint density at radius 3 is 2.53 bits per heavy atom. The molecule has 3 rings (SSSR count). The molecule has 0 radical (unpaired) electrons. The van der Waals surface area contributed by atoms with Gasteiger partial charge >= 0.3 is 0 Å². The standard InChI is InChI=1S/C13H9N3S/c1-2-11(8-15-5-1)12-9-17-13(16-12)10-3-6-14-7-4-10/h1-9H. The monoisotopic (exact) mass is 239 g/mol. The van der Waals surface area contributed by atoms with Gasteiger partial charge in [-0.05, 0) is 24.3 Å². The summed E-state index contributed by atoms with van der Waals surface area (Å²) in [5.74, 6) is 0. The number of rotatable bonds is 2. The van der Waals surface area contributed by atoms with Crippen LogP contribution < -0.4 is 0 Å². The molecule has 0 atom stereocenters. The minimum absolute atomic E-state index is 0.968. The van der Waals surface area contributed by atoms with Gasteiger partial charge in [-0.1, -0.05) is 0 Å². The first kappa shape index (κ1) is 10.1. The van der Waals surface area contributed by atoms with Crippen molar-refractivity contribution in [2.24, 2.45) is 0 Å². The van der Waals surface area contributed by atoms with Gasteiger partial charge in [0.2, 0.25) is 0 Å². The van der Waals surface area contributed by atoms with Crippen LogP contribution in [0.5, 0.6) is 0 Å². The van der Waals surface area contributed by atoms with Gasteiger partial charge in [0.15, 0.2) is 0 Å². The van der Waals surface area contributed by atoms with Crippen molar-refractivity contribution in [2.75, 3.05) is 0 Å². The lowest BCUT2D eigenvalue weighted by atomic mass is 10.2. The van der Waals surface area contributed by atoms with Crippen molar-refractivity contribution in [3.05, 3.63) is 54.4 Å². The van der Waals surface area contributed by atoms with Gasteiger partial charge in [0, 0.05) is 41.3 Å². The number of hydrogen-bond donors (Lipinski definition) is 0. The molecule has 0 unspecified atom stereocenters. The molecule has 3 nitrogen and oxygen atoms in total. The van der Waals surface area contributed by atoms with Crippen LogP contribution in [0.25, 0.3) is 21.8 Å². The molecule has 3 heterocycles. The molecular weight excluding hydrogens is 230 g/mol. The Morgan fingerprint density at radius 1 is 0.882 bits per heavy atom. The van der Waals surface area contributed by atoms with Gasteiger partial charge in [-0.25, -0.2) is 4.98 Å². The van der Waals surface area contributed by atoms with Gasteiger partial charge < -0.3 is 0 Å². The van der Waals surface area contributed by atoms with Crippen molar-refractivity contribution in [2.45, 2.75) is 0 Å². The molecule has 0 aliphatic carbocycles. The van der Waals surface area contributed by atoms with E-state index >= 15 is 0 Å². The highest BCUT2D eigenvalue weighted by atomic mass is 32.1. The fourth-order valence-corrected chi connectivity index (χ4v) is 2.38. The van der Waals surface area contributed by atoms with Crippen LogP contribution in [0.4, 0.5) is 0 Å². The molecule has 3 aromatic rings. The van der Waals surface area contributed by atoms with Crippen LogP contribution in [0.1, 0.15) is 0 Å². The Bertz CT molecular complexity index is 551. The van der Waals surface area contributed by atoms with Crippen molar-refractivity contribution >= 4 is 11.3 Å². The lowest BCUT2D eigenvalue weighted by molar-refractivity contribution is 1.30. The Labute approximate surface area is 103 Å². The number of aromatic nitrogens is 3. The fraction of sp³-hybridized carbons (Fsp3) is 0. The normalized spacial score (nSPS) is 10.4. The summed E-state index contributed by atoms with van der Waals surface area (Å²) in [6, 6.07) is 7.86. The maximum absolute atomic E-state index is 4.60. The molecule has 17 heavy (non-hydrogen) atoms. The van der Waals surface area contributed by atoms with Crippen molar-refractivity contribution in [1.29, 1.82) is 0 Å². The highest BCUT2D eigenvalue weighted by Gasteiger charge is 2.05. The first-order chi connectivity index (χ1) is 8.43. The number of thiazole rings is 1. The van der Waals surface area contributed by atoms with E-state index in [4.69, 9.17) is 0 Å². The average Bonchev–Trinajstić information content (AvgIpc) is 2.90. The Morgan fingerprint density at radius 2 is 1.76 bits per heavy atom. The summed E-state index contributed by atoms with van der Waals surface area (Å²) in [4.78, 5) is 12.7. The summed E-state index contributed by atoms with van der Waals surface area (Å²) in [6.45, 7) is 0. The van der Waals surface area contributed by atoms with E-state index in [1.165, 1.54) is 0 Å².